The van der Waals surface area contributed by atoms with Crippen LogP contribution in [0, 0.1) is 0 Å². The monoisotopic (exact) mass is 238 g/mol. The quantitative estimate of drug-likeness (QED) is 0.390. The molecule has 0 aromatic heterocycles. The van der Waals surface area contributed by atoms with E-state index < -0.39 is 6.56 Å². The van der Waals surface area contributed by atoms with Crippen LogP contribution in [0.3, 0.4) is 0 Å². The molecule has 0 saturated heterocycles. The molecule has 0 fully saturated rings. The van der Waals surface area contributed by atoms with Crippen molar-refractivity contribution in [3.05, 3.63) is 0 Å². The van der Waals surface area contributed by atoms with Gasteiger partial charge in [0.2, 0.25) is 0 Å². The largest absolute Gasteiger partial charge is 0.291 e. The van der Waals surface area contributed by atoms with Crippen LogP contribution in [0.2, 0.25) is 0 Å². The Labute approximate surface area is 51.3 Å². The van der Waals surface area contributed by atoms with Gasteiger partial charge in [-0.15, -0.1) is 0 Å². The summed E-state index contributed by atoms with van der Waals surface area (Å²) in [5.41, 5.74) is 0. The Hall–Kier alpha value is 1.14. The van der Waals surface area contributed by atoms with E-state index in [-0.39, 0.29) is 0 Å². The number of halogens is 1. The summed E-state index contributed by atoms with van der Waals surface area (Å²) >= 11 is 1.66. The maximum absolute atomic E-state index is 10.2. The minimum atomic E-state index is -2.14. The van der Waals surface area contributed by atoms with Gasteiger partial charge < -0.3 is 0 Å². The zero-order chi connectivity index (χ0) is 5.21. The van der Waals surface area contributed by atoms with Crippen LogP contribution in [-0.4, -0.2) is 11.3 Å². The summed E-state index contributed by atoms with van der Waals surface area (Å²) < 4.78 is 14.6. The summed E-state index contributed by atoms with van der Waals surface area (Å²) in [6, 6.07) is 0. The Morgan fingerprint density at radius 2 is 2.17 bits per heavy atom. The Kier molecular flexibility index (Phi) is 2.91. The summed E-state index contributed by atoms with van der Waals surface area (Å²) in [7, 11) is 4.19. The molecule has 0 aliphatic rings. The van der Waals surface area contributed by atoms with Gasteiger partial charge in [-0.3, -0.25) is 4.18 Å². The molecule has 0 rings (SSSR count). The Morgan fingerprint density at radius 3 is 2.17 bits per heavy atom. The fraction of sp³-hybridized carbons (Fsp3) is 1.00. The van der Waals surface area contributed by atoms with Crippen molar-refractivity contribution in [3.63, 3.8) is 0 Å². The molecule has 1 atom stereocenters. The summed E-state index contributed by atoms with van der Waals surface area (Å²) in [6.45, 7) is -2.14. The summed E-state index contributed by atoms with van der Waals surface area (Å²) in [5.74, 6) is 0. The standard InChI is InChI=1S/CH4IO2PS/c1-4-6(2,3)5/h5H,1H3. The highest BCUT2D eigenvalue weighted by Crippen LogP contribution is 2.07. The first-order chi connectivity index (χ1) is 2.56. The molecule has 38 valence electrons. The maximum atomic E-state index is 10.2. The van der Waals surface area contributed by atoms with Crippen LogP contribution in [0.25, 0.3) is 0 Å². The molecule has 0 bridgehead atoms. The van der Waals surface area contributed by atoms with Crippen molar-refractivity contribution < 1.29 is 8.39 Å². The van der Waals surface area contributed by atoms with E-state index in [0.717, 1.165) is 0 Å². The molecule has 0 amide bonds. The van der Waals surface area contributed by atoms with Crippen LogP contribution in [-0.2, 0) is 10.7 Å². The minimum absolute atomic E-state index is 1.38. The maximum Gasteiger partial charge on any atom is 0.155 e. The van der Waals surface area contributed by atoms with Crippen LogP contribution in [0.15, 0.2) is 0 Å². The van der Waals surface area contributed by atoms with E-state index in [0.29, 0.717) is 0 Å². The molecule has 5 heteroatoms. The first-order valence-electron chi connectivity index (χ1n) is 1.10. The summed E-state index contributed by atoms with van der Waals surface area (Å²) in [5, 5.41) is 0. The smallest absolute Gasteiger partial charge is 0.155 e. The average molecular weight is 238 g/mol. The highest BCUT2D eigenvalue weighted by atomic mass is 127. The van der Waals surface area contributed by atoms with Crippen molar-refractivity contribution in [2.24, 2.45) is 0 Å². The van der Waals surface area contributed by atoms with Crippen LogP contribution in [0.4, 0.5) is 0 Å². The molecule has 0 aromatic carbocycles. The first-order valence-corrected chi connectivity index (χ1v) is 6.35. The highest BCUT2D eigenvalue weighted by molar-refractivity contribution is 14.2. The SMILES string of the molecule is COS(=O)(=P)I. The molecule has 0 aliphatic carbocycles. The van der Waals surface area contributed by atoms with Gasteiger partial charge in [0.25, 0.3) is 0 Å². The summed E-state index contributed by atoms with van der Waals surface area (Å²) in [6.07, 6.45) is 0. The molecule has 0 radical (unpaired) electrons. The number of hydrogen-bond donors (Lipinski definition) is 0. The third kappa shape index (κ3) is 5.14. The molecule has 2 nitrogen and oxygen atoms in total. The molecule has 1 unspecified atom stereocenters. The Morgan fingerprint density at radius 1 is 2.00 bits per heavy atom. The van der Waals surface area contributed by atoms with Gasteiger partial charge >= 0.3 is 0 Å². The van der Waals surface area contributed by atoms with Crippen molar-refractivity contribution in [2.75, 3.05) is 7.11 Å². The van der Waals surface area contributed by atoms with Crippen LogP contribution in [0.1, 0.15) is 0 Å². The van der Waals surface area contributed by atoms with Crippen molar-refractivity contribution in [2.45, 2.75) is 0 Å². The zero-order valence-corrected chi connectivity index (χ0v) is 7.08. The van der Waals surface area contributed by atoms with Crippen molar-refractivity contribution in [1.29, 1.82) is 0 Å². The van der Waals surface area contributed by atoms with Crippen LogP contribution < -0.4 is 0 Å². The average Bonchev–Trinajstić information content (AvgIpc) is 1.35. The number of hydrogen-bond acceptors (Lipinski definition) is 2. The second-order valence-electron chi connectivity index (χ2n) is 0.605. The molecular formula is CH4IO2PS. The lowest BCUT2D eigenvalue weighted by Gasteiger charge is -1.87. The van der Waals surface area contributed by atoms with Crippen molar-refractivity contribution >= 4 is 35.8 Å². The van der Waals surface area contributed by atoms with E-state index in [2.05, 4.69) is 12.2 Å². The Bertz CT molecular complexity index is 116. The van der Waals surface area contributed by atoms with E-state index in [1.807, 2.05) is 0 Å². The van der Waals surface area contributed by atoms with Crippen molar-refractivity contribution in [1.82, 2.24) is 0 Å². The molecule has 0 aromatic rings. The van der Waals surface area contributed by atoms with Gasteiger partial charge in [0, 0.05) is 0 Å². The predicted molar refractivity (Wildman–Crippen MR) is 37.5 cm³/mol. The van der Waals surface area contributed by atoms with E-state index >= 15 is 0 Å². The first kappa shape index (κ1) is 7.14. The minimum Gasteiger partial charge on any atom is -0.291 e. The van der Waals surface area contributed by atoms with Crippen molar-refractivity contribution in [3.8, 4) is 0 Å². The molecule has 0 saturated carbocycles. The third-order valence-electron chi connectivity index (χ3n) is 0.214. The molecule has 0 N–H and O–H groups in total. The van der Waals surface area contributed by atoms with Gasteiger partial charge in [-0.2, -0.15) is 0 Å². The topological polar surface area (TPSA) is 26.3 Å². The van der Waals surface area contributed by atoms with Crippen LogP contribution >= 0.6 is 29.2 Å². The fourth-order valence-electron chi connectivity index (χ4n) is 0. The fourth-order valence-corrected chi connectivity index (χ4v) is 0. The Balaban J connectivity index is 3.85. The lowest BCUT2D eigenvalue weighted by atomic mass is 11.8. The predicted octanol–water partition coefficient (Wildman–Crippen LogP) is 1.24. The molecular weight excluding hydrogens is 234 g/mol. The van der Waals surface area contributed by atoms with Gasteiger partial charge in [-0.1, -0.05) is 0 Å². The van der Waals surface area contributed by atoms with Gasteiger partial charge in [-0.05, 0) is 8.02 Å². The molecule has 0 aliphatic heterocycles. The van der Waals surface area contributed by atoms with Crippen LogP contribution in [0.5, 0.6) is 0 Å². The van der Waals surface area contributed by atoms with E-state index in [1.54, 1.807) is 21.2 Å². The second kappa shape index (κ2) is 2.45. The summed E-state index contributed by atoms with van der Waals surface area (Å²) in [4.78, 5) is 0. The van der Waals surface area contributed by atoms with E-state index in [1.165, 1.54) is 7.11 Å². The lowest BCUT2D eigenvalue weighted by molar-refractivity contribution is 0.458. The molecule has 0 spiro atoms. The van der Waals surface area contributed by atoms with Gasteiger partial charge in [0.1, 0.15) is 0 Å². The zero-order valence-electron chi connectivity index (χ0n) is 3.10. The van der Waals surface area contributed by atoms with E-state index in [9.17, 15) is 4.21 Å². The highest BCUT2D eigenvalue weighted by Gasteiger charge is 1.85. The molecule has 0 heterocycles. The lowest BCUT2D eigenvalue weighted by Crippen LogP contribution is -1.80. The van der Waals surface area contributed by atoms with Gasteiger partial charge in [0.15, 0.2) is 6.56 Å². The number of rotatable bonds is 1. The van der Waals surface area contributed by atoms with Gasteiger partial charge in [0.05, 0.1) is 28.3 Å². The molecule has 6 heavy (non-hydrogen) atoms. The van der Waals surface area contributed by atoms with E-state index in [4.69, 9.17) is 0 Å². The van der Waals surface area contributed by atoms with Gasteiger partial charge in [-0.25, -0.2) is 4.21 Å². The third-order valence-corrected chi connectivity index (χ3v) is 2.22. The normalized spacial score (nSPS) is 19.7. The second-order valence-corrected chi connectivity index (χ2v) is 9.40.